The molecule has 0 spiro atoms. The maximum Gasteiger partial charge on any atom is 0.254 e. The summed E-state index contributed by atoms with van der Waals surface area (Å²) in [6.07, 6.45) is 6.41. The first kappa shape index (κ1) is 22.0. The van der Waals surface area contributed by atoms with E-state index < -0.39 is 10.0 Å². The number of carbonyl (C=O) groups is 1. The van der Waals surface area contributed by atoms with Crippen molar-refractivity contribution in [2.45, 2.75) is 49.5 Å². The van der Waals surface area contributed by atoms with Crippen molar-refractivity contribution in [3.05, 3.63) is 40.2 Å². The number of aromatic nitrogens is 1. The molecule has 31 heavy (non-hydrogen) atoms. The minimum absolute atomic E-state index is 0.111. The maximum atomic E-state index is 13.4. The van der Waals surface area contributed by atoms with E-state index >= 15 is 0 Å². The maximum absolute atomic E-state index is 13.4. The highest BCUT2D eigenvalue weighted by Crippen LogP contribution is 2.26. The van der Waals surface area contributed by atoms with Crippen LogP contribution < -0.4 is 5.56 Å². The zero-order valence-electron chi connectivity index (χ0n) is 17.8. The standard InChI is InChI=1S/C22H29N3O5S/c1-24(16-6-4-2-3-5-7-16)22(27)19-15-21(26)23-20-9-8-17(14-18(19)20)31(28,29)25-10-12-30-13-11-25/h8-9,14-16H,2-7,10-13H2,1H3,(H,23,26). The number of ether oxygens (including phenoxy) is 1. The van der Waals surface area contributed by atoms with Crippen LogP contribution >= 0.6 is 0 Å². The number of carbonyl (C=O) groups excluding carboxylic acids is 1. The van der Waals surface area contributed by atoms with Gasteiger partial charge in [-0.25, -0.2) is 8.42 Å². The molecule has 0 unspecified atom stereocenters. The number of aromatic amines is 1. The van der Waals surface area contributed by atoms with E-state index in [9.17, 15) is 18.0 Å². The Balaban J connectivity index is 1.73. The van der Waals surface area contributed by atoms with E-state index in [2.05, 4.69) is 4.98 Å². The summed E-state index contributed by atoms with van der Waals surface area (Å²) in [7, 11) is -1.94. The Kier molecular flexibility index (Phi) is 6.45. The number of amides is 1. The van der Waals surface area contributed by atoms with Crippen molar-refractivity contribution in [3.63, 3.8) is 0 Å². The van der Waals surface area contributed by atoms with Crippen LogP contribution in [0, 0.1) is 0 Å². The lowest BCUT2D eigenvalue weighted by molar-refractivity contribution is 0.0719. The fourth-order valence-electron chi connectivity index (χ4n) is 4.51. The van der Waals surface area contributed by atoms with Crippen molar-refractivity contribution in [2.24, 2.45) is 0 Å². The van der Waals surface area contributed by atoms with Gasteiger partial charge in [0, 0.05) is 43.1 Å². The average Bonchev–Trinajstić information content (AvgIpc) is 3.07. The van der Waals surface area contributed by atoms with Crippen LogP contribution in [0.25, 0.3) is 10.9 Å². The average molecular weight is 448 g/mol. The van der Waals surface area contributed by atoms with Gasteiger partial charge >= 0.3 is 0 Å². The summed E-state index contributed by atoms with van der Waals surface area (Å²) in [6.45, 7) is 1.30. The van der Waals surface area contributed by atoms with Gasteiger partial charge in [-0.05, 0) is 31.0 Å². The van der Waals surface area contributed by atoms with Crippen molar-refractivity contribution in [1.29, 1.82) is 0 Å². The summed E-state index contributed by atoms with van der Waals surface area (Å²) in [5, 5.41) is 0.444. The first-order valence-corrected chi connectivity index (χ1v) is 12.3. The van der Waals surface area contributed by atoms with Crippen molar-refractivity contribution in [2.75, 3.05) is 33.4 Å². The molecule has 1 saturated heterocycles. The number of nitrogens with zero attached hydrogens (tertiary/aromatic N) is 2. The van der Waals surface area contributed by atoms with Crippen LogP contribution in [0.15, 0.2) is 34.0 Å². The Morgan fingerprint density at radius 1 is 1.10 bits per heavy atom. The number of nitrogens with one attached hydrogen (secondary N) is 1. The monoisotopic (exact) mass is 447 g/mol. The first-order valence-electron chi connectivity index (χ1n) is 10.9. The molecule has 4 rings (SSSR count). The van der Waals surface area contributed by atoms with E-state index in [4.69, 9.17) is 4.74 Å². The third-order valence-corrected chi connectivity index (χ3v) is 8.24. The Hall–Kier alpha value is -2.23. The Morgan fingerprint density at radius 3 is 2.45 bits per heavy atom. The SMILES string of the molecule is CN(C(=O)c1cc(=O)[nH]c2ccc(S(=O)(=O)N3CCOCC3)cc12)C1CCCCCC1. The summed E-state index contributed by atoms with van der Waals surface area (Å²) in [5.41, 5.74) is 0.310. The number of rotatable bonds is 4. The highest BCUT2D eigenvalue weighted by molar-refractivity contribution is 7.89. The highest BCUT2D eigenvalue weighted by atomic mass is 32.2. The third-order valence-electron chi connectivity index (χ3n) is 6.35. The molecular formula is C22H29N3O5S. The normalized spacial score (nSPS) is 19.3. The molecule has 0 bridgehead atoms. The number of hydrogen-bond acceptors (Lipinski definition) is 5. The zero-order valence-corrected chi connectivity index (χ0v) is 18.6. The van der Waals surface area contributed by atoms with Gasteiger partial charge in [0.1, 0.15) is 0 Å². The van der Waals surface area contributed by atoms with E-state index in [1.165, 1.54) is 35.3 Å². The Labute approximate surface area is 182 Å². The van der Waals surface area contributed by atoms with Gasteiger partial charge in [-0.15, -0.1) is 0 Å². The molecule has 1 saturated carbocycles. The second-order valence-electron chi connectivity index (χ2n) is 8.33. The summed E-state index contributed by atoms with van der Waals surface area (Å²) >= 11 is 0. The van der Waals surface area contributed by atoms with Crippen LogP contribution in [0.5, 0.6) is 0 Å². The van der Waals surface area contributed by atoms with Gasteiger partial charge in [-0.1, -0.05) is 25.7 Å². The van der Waals surface area contributed by atoms with Crippen LogP contribution in [0.1, 0.15) is 48.9 Å². The lowest BCUT2D eigenvalue weighted by Crippen LogP contribution is -2.40. The molecule has 2 heterocycles. The molecule has 1 aliphatic heterocycles. The van der Waals surface area contributed by atoms with Gasteiger partial charge in [0.2, 0.25) is 15.6 Å². The number of pyridine rings is 1. The number of benzene rings is 1. The largest absolute Gasteiger partial charge is 0.379 e. The van der Waals surface area contributed by atoms with E-state index in [0.29, 0.717) is 37.2 Å². The van der Waals surface area contributed by atoms with Gasteiger partial charge in [-0.3, -0.25) is 9.59 Å². The quantitative estimate of drug-likeness (QED) is 0.726. The molecule has 1 aromatic heterocycles. The van der Waals surface area contributed by atoms with Gasteiger partial charge in [-0.2, -0.15) is 4.31 Å². The van der Waals surface area contributed by atoms with Crippen molar-refractivity contribution in [3.8, 4) is 0 Å². The molecule has 2 aliphatic rings. The smallest absolute Gasteiger partial charge is 0.254 e. The Bertz CT molecular complexity index is 1110. The first-order chi connectivity index (χ1) is 14.9. The topological polar surface area (TPSA) is 99.8 Å². The molecule has 1 amide bonds. The number of morpholine rings is 1. The van der Waals surface area contributed by atoms with Crippen LogP contribution in [0.3, 0.4) is 0 Å². The van der Waals surface area contributed by atoms with Gasteiger partial charge < -0.3 is 14.6 Å². The molecule has 2 fully saturated rings. The fraction of sp³-hybridized carbons (Fsp3) is 0.545. The number of H-pyrrole nitrogens is 1. The predicted molar refractivity (Wildman–Crippen MR) is 118 cm³/mol. The van der Waals surface area contributed by atoms with E-state index in [0.717, 1.165) is 25.7 Å². The summed E-state index contributed by atoms with van der Waals surface area (Å²) < 4.78 is 32.9. The lowest BCUT2D eigenvalue weighted by Gasteiger charge is -2.28. The van der Waals surface area contributed by atoms with Crippen molar-refractivity contribution >= 4 is 26.8 Å². The number of fused-ring (bicyclic) bond motifs is 1. The molecule has 168 valence electrons. The van der Waals surface area contributed by atoms with Crippen molar-refractivity contribution in [1.82, 2.24) is 14.2 Å². The summed E-state index contributed by atoms with van der Waals surface area (Å²) in [4.78, 5) is 30.2. The second-order valence-corrected chi connectivity index (χ2v) is 10.3. The molecule has 1 aliphatic carbocycles. The zero-order chi connectivity index (χ0) is 22.0. The Morgan fingerprint density at radius 2 is 1.77 bits per heavy atom. The highest BCUT2D eigenvalue weighted by Gasteiger charge is 2.28. The van der Waals surface area contributed by atoms with E-state index in [-0.39, 0.29) is 28.0 Å². The van der Waals surface area contributed by atoms with Crippen LogP contribution in [-0.2, 0) is 14.8 Å². The van der Waals surface area contributed by atoms with Crippen molar-refractivity contribution < 1.29 is 17.9 Å². The summed E-state index contributed by atoms with van der Waals surface area (Å²) in [5.74, 6) is -0.246. The minimum atomic E-state index is -3.72. The van der Waals surface area contributed by atoms with Gasteiger partial charge in [0.15, 0.2) is 0 Å². The second kappa shape index (κ2) is 9.10. The molecule has 2 aromatic rings. The molecule has 1 N–H and O–H groups in total. The lowest BCUT2D eigenvalue weighted by atomic mass is 10.0. The van der Waals surface area contributed by atoms with Crippen LogP contribution in [-0.4, -0.2) is 67.9 Å². The van der Waals surface area contributed by atoms with Crippen LogP contribution in [0.4, 0.5) is 0 Å². The molecule has 1 aromatic carbocycles. The molecule has 9 heteroatoms. The molecule has 8 nitrogen and oxygen atoms in total. The number of hydrogen-bond donors (Lipinski definition) is 1. The third kappa shape index (κ3) is 4.53. The van der Waals surface area contributed by atoms with Gasteiger partial charge in [0.05, 0.1) is 23.7 Å². The van der Waals surface area contributed by atoms with E-state index in [1.807, 2.05) is 0 Å². The predicted octanol–water partition coefficient (Wildman–Crippen LogP) is 2.34. The van der Waals surface area contributed by atoms with Gasteiger partial charge in [0.25, 0.3) is 5.91 Å². The molecule has 0 radical (unpaired) electrons. The minimum Gasteiger partial charge on any atom is -0.379 e. The molecular weight excluding hydrogens is 418 g/mol. The van der Waals surface area contributed by atoms with E-state index in [1.54, 1.807) is 18.0 Å². The fourth-order valence-corrected chi connectivity index (χ4v) is 5.94. The summed E-state index contributed by atoms with van der Waals surface area (Å²) in [6, 6.07) is 5.95. The molecule has 0 atom stereocenters. The number of sulfonamides is 1. The van der Waals surface area contributed by atoms with Crippen LogP contribution in [0.2, 0.25) is 0 Å².